The monoisotopic (exact) mass is 245 g/mol. The van der Waals surface area contributed by atoms with Gasteiger partial charge in [-0.05, 0) is 49.3 Å². The van der Waals surface area contributed by atoms with E-state index >= 15 is 0 Å². The Labute approximate surface area is 110 Å². The molecule has 0 aromatic heterocycles. The second-order valence-corrected chi connectivity index (χ2v) is 6.16. The van der Waals surface area contributed by atoms with Gasteiger partial charge in [-0.25, -0.2) is 0 Å². The number of aliphatic hydroxyl groups excluding tert-OH is 1. The highest BCUT2D eigenvalue weighted by Crippen LogP contribution is 2.40. The zero-order valence-corrected chi connectivity index (χ0v) is 11.3. The molecule has 0 aliphatic heterocycles. The Morgan fingerprint density at radius 3 is 2.56 bits per heavy atom. The highest BCUT2D eigenvalue weighted by Gasteiger charge is 2.35. The van der Waals surface area contributed by atoms with Crippen molar-refractivity contribution in [1.29, 1.82) is 0 Å². The summed E-state index contributed by atoms with van der Waals surface area (Å²) in [4.78, 5) is 2.38. The number of benzene rings is 1. The van der Waals surface area contributed by atoms with Crippen LogP contribution in [0.3, 0.4) is 0 Å². The van der Waals surface area contributed by atoms with E-state index in [1.165, 1.54) is 18.4 Å². The standard InChI is InChI=1S/C16H23NO/c1-11-9-15(17(2)10-12-7-8-12)16(18)14-6-4-3-5-13(11)14/h3-6,11-12,15-16,18H,7-10H2,1-2H3. The summed E-state index contributed by atoms with van der Waals surface area (Å²) in [5.41, 5.74) is 2.48. The summed E-state index contributed by atoms with van der Waals surface area (Å²) in [5.74, 6) is 1.44. The first-order chi connectivity index (χ1) is 8.66. The summed E-state index contributed by atoms with van der Waals surface area (Å²) in [6.45, 7) is 3.43. The molecule has 0 bridgehead atoms. The molecule has 18 heavy (non-hydrogen) atoms. The topological polar surface area (TPSA) is 23.5 Å². The fourth-order valence-corrected chi connectivity index (χ4v) is 3.32. The van der Waals surface area contributed by atoms with E-state index in [0.29, 0.717) is 5.92 Å². The van der Waals surface area contributed by atoms with E-state index in [4.69, 9.17) is 0 Å². The normalized spacial score (nSPS) is 31.4. The predicted octanol–water partition coefficient (Wildman–Crippen LogP) is 2.94. The first-order valence-electron chi connectivity index (χ1n) is 7.14. The van der Waals surface area contributed by atoms with Crippen LogP contribution in [-0.2, 0) is 0 Å². The van der Waals surface area contributed by atoms with E-state index in [1.54, 1.807) is 0 Å². The van der Waals surface area contributed by atoms with E-state index in [0.717, 1.165) is 24.4 Å². The van der Waals surface area contributed by atoms with Gasteiger partial charge in [0.15, 0.2) is 0 Å². The summed E-state index contributed by atoms with van der Waals surface area (Å²) in [6.07, 6.45) is 3.50. The minimum absolute atomic E-state index is 0.287. The van der Waals surface area contributed by atoms with Crippen molar-refractivity contribution in [2.45, 2.75) is 44.2 Å². The SMILES string of the molecule is CC1CC(N(C)CC2CC2)C(O)c2ccccc21. The lowest BCUT2D eigenvalue weighted by molar-refractivity contribution is 0.0427. The first-order valence-corrected chi connectivity index (χ1v) is 7.14. The lowest BCUT2D eigenvalue weighted by Crippen LogP contribution is -2.41. The van der Waals surface area contributed by atoms with Gasteiger partial charge in [0.25, 0.3) is 0 Å². The van der Waals surface area contributed by atoms with Crippen LogP contribution in [0.4, 0.5) is 0 Å². The maximum absolute atomic E-state index is 10.6. The summed E-state index contributed by atoms with van der Waals surface area (Å²) < 4.78 is 0. The van der Waals surface area contributed by atoms with Crippen LogP contribution < -0.4 is 0 Å². The number of hydrogen-bond acceptors (Lipinski definition) is 2. The maximum atomic E-state index is 10.6. The van der Waals surface area contributed by atoms with Gasteiger partial charge in [0.2, 0.25) is 0 Å². The number of aliphatic hydroxyl groups is 1. The molecule has 1 fully saturated rings. The predicted molar refractivity (Wildman–Crippen MR) is 73.6 cm³/mol. The summed E-state index contributed by atoms with van der Waals surface area (Å²) in [7, 11) is 2.17. The molecule has 0 spiro atoms. The molecule has 2 heteroatoms. The molecule has 0 saturated heterocycles. The maximum Gasteiger partial charge on any atom is 0.0948 e. The molecular formula is C16H23NO. The second-order valence-electron chi connectivity index (χ2n) is 6.16. The molecular weight excluding hydrogens is 222 g/mol. The van der Waals surface area contributed by atoms with Crippen LogP contribution in [0.2, 0.25) is 0 Å². The molecule has 98 valence electrons. The van der Waals surface area contributed by atoms with Crippen LogP contribution in [0.1, 0.15) is 49.3 Å². The van der Waals surface area contributed by atoms with Crippen molar-refractivity contribution in [2.24, 2.45) is 5.92 Å². The number of likely N-dealkylation sites (N-methyl/N-ethyl adjacent to an activating group) is 1. The van der Waals surface area contributed by atoms with Crippen molar-refractivity contribution in [3.05, 3.63) is 35.4 Å². The largest absolute Gasteiger partial charge is 0.387 e. The number of hydrogen-bond donors (Lipinski definition) is 1. The van der Waals surface area contributed by atoms with E-state index in [9.17, 15) is 5.11 Å². The van der Waals surface area contributed by atoms with Gasteiger partial charge in [-0.1, -0.05) is 31.2 Å². The summed E-state index contributed by atoms with van der Waals surface area (Å²) >= 11 is 0. The second kappa shape index (κ2) is 4.67. The van der Waals surface area contributed by atoms with Crippen LogP contribution in [0.15, 0.2) is 24.3 Å². The van der Waals surface area contributed by atoms with E-state index in [-0.39, 0.29) is 12.1 Å². The molecule has 0 heterocycles. The van der Waals surface area contributed by atoms with Gasteiger partial charge in [-0.2, -0.15) is 0 Å². The Bertz CT molecular complexity index is 427. The molecule has 3 rings (SSSR count). The average Bonchev–Trinajstić information content (AvgIpc) is 3.17. The molecule has 2 aliphatic rings. The van der Waals surface area contributed by atoms with E-state index in [2.05, 4.69) is 37.1 Å². The van der Waals surface area contributed by atoms with Crippen LogP contribution in [0, 0.1) is 5.92 Å². The molecule has 1 saturated carbocycles. The zero-order valence-electron chi connectivity index (χ0n) is 11.3. The Kier molecular flexibility index (Phi) is 3.16. The highest BCUT2D eigenvalue weighted by atomic mass is 16.3. The minimum Gasteiger partial charge on any atom is -0.387 e. The van der Waals surface area contributed by atoms with Crippen molar-refractivity contribution in [3.63, 3.8) is 0 Å². The van der Waals surface area contributed by atoms with E-state index < -0.39 is 0 Å². The van der Waals surface area contributed by atoms with Gasteiger partial charge >= 0.3 is 0 Å². The molecule has 3 atom stereocenters. The number of nitrogens with zero attached hydrogens (tertiary/aromatic N) is 1. The van der Waals surface area contributed by atoms with Crippen LogP contribution in [0.25, 0.3) is 0 Å². The highest BCUT2D eigenvalue weighted by molar-refractivity contribution is 5.35. The third-order valence-electron chi connectivity index (χ3n) is 4.61. The smallest absolute Gasteiger partial charge is 0.0948 e. The van der Waals surface area contributed by atoms with Crippen molar-refractivity contribution in [1.82, 2.24) is 4.90 Å². The third-order valence-corrected chi connectivity index (χ3v) is 4.61. The Hall–Kier alpha value is -0.860. The van der Waals surface area contributed by atoms with Gasteiger partial charge in [0, 0.05) is 12.6 Å². The molecule has 1 N–H and O–H groups in total. The quantitative estimate of drug-likeness (QED) is 0.885. The summed E-state index contributed by atoms with van der Waals surface area (Å²) in [6, 6.07) is 8.66. The molecule has 2 aliphatic carbocycles. The third kappa shape index (κ3) is 2.19. The molecule has 0 amide bonds. The molecule has 2 nitrogen and oxygen atoms in total. The number of rotatable bonds is 3. The fraction of sp³-hybridized carbons (Fsp3) is 0.625. The van der Waals surface area contributed by atoms with Crippen molar-refractivity contribution in [3.8, 4) is 0 Å². The first kappa shape index (κ1) is 12.2. The number of fused-ring (bicyclic) bond motifs is 1. The van der Waals surface area contributed by atoms with Gasteiger partial charge in [0.05, 0.1) is 6.10 Å². The lowest BCUT2D eigenvalue weighted by atomic mass is 9.79. The van der Waals surface area contributed by atoms with Gasteiger partial charge in [-0.3, -0.25) is 0 Å². The van der Waals surface area contributed by atoms with Crippen LogP contribution >= 0.6 is 0 Å². The van der Waals surface area contributed by atoms with Gasteiger partial charge in [-0.15, -0.1) is 0 Å². The molecule has 1 aromatic carbocycles. The molecule has 0 radical (unpaired) electrons. The van der Waals surface area contributed by atoms with E-state index in [1.807, 2.05) is 6.07 Å². The van der Waals surface area contributed by atoms with Crippen molar-refractivity contribution in [2.75, 3.05) is 13.6 Å². The van der Waals surface area contributed by atoms with Gasteiger partial charge in [0.1, 0.15) is 0 Å². The Morgan fingerprint density at radius 1 is 1.22 bits per heavy atom. The molecule has 1 aromatic rings. The average molecular weight is 245 g/mol. The van der Waals surface area contributed by atoms with Crippen LogP contribution in [-0.4, -0.2) is 29.6 Å². The molecule has 3 unspecified atom stereocenters. The Morgan fingerprint density at radius 2 is 1.89 bits per heavy atom. The summed E-state index contributed by atoms with van der Waals surface area (Å²) in [5, 5.41) is 10.6. The minimum atomic E-state index is -0.318. The Balaban J connectivity index is 1.81. The van der Waals surface area contributed by atoms with Crippen molar-refractivity contribution < 1.29 is 5.11 Å². The van der Waals surface area contributed by atoms with Crippen LogP contribution in [0.5, 0.6) is 0 Å². The lowest BCUT2D eigenvalue weighted by Gasteiger charge is -2.39. The zero-order chi connectivity index (χ0) is 12.7. The van der Waals surface area contributed by atoms with Crippen molar-refractivity contribution >= 4 is 0 Å². The fourth-order valence-electron chi connectivity index (χ4n) is 3.32. The van der Waals surface area contributed by atoms with Gasteiger partial charge < -0.3 is 10.0 Å².